The molecule has 8 heteroatoms. The van der Waals surface area contributed by atoms with E-state index >= 15 is 0 Å². The van der Waals surface area contributed by atoms with Crippen LogP contribution in [-0.2, 0) is 13.1 Å². The summed E-state index contributed by atoms with van der Waals surface area (Å²) in [4.78, 5) is 26.9. The maximum absolute atomic E-state index is 13.1. The van der Waals surface area contributed by atoms with Crippen molar-refractivity contribution in [1.29, 1.82) is 0 Å². The molecular weight excluding hydrogens is 534 g/mol. The zero-order valence-electron chi connectivity index (χ0n) is 23.2. The predicted octanol–water partition coefficient (Wildman–Crippen LogP) is 6.98. The molecule has 1 saturated heterocycles. The number of ketones is 1. The minimum atomic E-state index is -0.0712. The van der Waals surface area contributed by atoms with Gasteiger partial charge < -0.3 is 19.9 Å². The molecule has 0 amide bonds. The van der Waals surface area contributed by atoms with Crippen LogP contribution in [0.4, 0.5) is 17.3 Å². The van der Waals surface area contributed by atoms with Gasteiger partial charge in [0.05, 0.1) is 13.2 Å². The number of fused-ring (bicyclic) bond motifs is 1. The molecule has 4 aromatic rings. The van der Waals surface area contributed by atoms with Gasteiger partial charge in [0.25, 0.3) is 0 Å². The highest BCUT2D eigenvalue weighted by atomic mass is 35.5. The van der Waals surface area contributed by atoms with Gasteiger partial charge in [-0.1, -0.05) is 54.1 Å². The fourth-order valence-corrected chi connectivity index (χ4v) is 6.04. The Hall–Kier alpha value is -4.36. The van der Waals surface area contributed by atoms with Crippen molar-refractivity contribution in [3.05, 3.63) is 112 Å². The molecule has 7 nitrogen and oxygen atoms in total. The number of methoxy groups -OCH3 is 1. The summed E-state index contributed by atoms with van der Waals surface area (Å²) >= 11 is 6.66. The Labute approximate surface area is 245 Å². The SMILES string of the molecule is COc1ccc(CNc2ncnc(N3CCC[C@H]3C3=Cc4cccc(Cl)c4CN3c3ccccc3)c2C(C)=O)cc1. The molecule has 2 aliphatic heterocycles. The van der Waals surface area contributed by atoms with Crippen molar-refractivity contribution in [3.8, 4) is 5.75 Å². The van der Waals surface area contributed by atoms with Crippen LogP contribution in [0.2, 0.25) is 5.02 Å². The molecule has 0 aliphatic carbocycles. The number of carbonyl (C=O) groups excluding carboxylic acids is 1. The summed E-state index contributed by atoms with van der Waals surface area (Å²) < 4.78 is 5.27. The lowest BCUT2D eigenvalue weighted by Crippen LogP contribution is -2.40. The number of ether oxygens (including phenoxy) is 1. The lowest BCUT2D eigenvalue weighted by atomic mass is 9.96. The molecule has 0 unspecified atom stereocenters. The highest BCUT2D eigenvalue weighted by Gasteiger charge is 2.36. The highest BCUT2D eigenvalue weighted by Crippen LogP contribution is 2.40. The molecule has 0 spiro atoms. The molecule has 2 aliphatic rings. The van der Waals surface area contributed by atoms with E-state index in [4.69, 9.17) is 21.3 Å². The number of anilines is 3. The van der Waals surface area contributed by atoms with E-state index in [2.05, 4.69) is 56.5 Å². The normalized spacial score (nSPS) is 16.3. The standard InChI is InChI=1S/C33H32ClN5O2/c1-22(40)31-32(35-19-23-13-15-26(41-2)16-14-23)36-21-37-33(31)38-17-7-12-29(38)30-18-24-8-6-11-28(34)27(24)20-39(30)25-9-4-3-5-10-25/h3-6,8-11,13-16,18,21,29H,7,12,17,19-20H2,1-2H3,(H,35,36,37)/t29-/m0/s1. The summed E-state index contributed by atoms with van der Waals surface area (Å²) in [6.45, 7) is 3.57. The first-order chi connectivity index (χ1) is 20.0. The highest BCUT2D eigenvalue weighted by molar-refractivity contribution is 6.31. The number of nitrogens with one attached hydrogen (secondary N) is 1. The third-order valence-corrected chi connectivity index (χ3v) is 8.17. The average molecular weight is 566 g/mol. The van der Waals surface area contributed by atoms with Crippen LogP contribution in [0.1, 0.15) is 46.8 Å². The van der Waals surface area contributed by atoms with Gasteiger partial charge in [-0.05, 0) is 72.9 Å². The molecule has 0 saturated carbocycles. The Morgan fingerprint density at radius 3 is 2.61 bits per heavy atom. The quantitative estimate of drug-likeness (QED) is 0.231. The van der Waals surface area contributed by atoms with Gasteiger partial charge >= 0.3 is 0 Å². The number of carbonyl (C=O) groups is 1. The van der Waals surface area contributed by atoms with Crippen LogP contribution < -0.4 is 19.9 Å². The van der Waals surface area contributed by atoms with Crippen molar-refractivity contribution in [2.24, 2.45) is 0 Å². The first-order valence-electron chi connectivity index (χ1n) is 13.8. The summed E-state index contributed by atoms with van der Waals surface area (Å²) in [6.07, 6.45) is 5.73. The Bertz CT molecular complexity index is 1590. The molecule has 3 aromatic carbocycles. The topological polar surface area (TPSA) is 70.6 Å². The number of para-hydroxylation sites is 1. The summed E-state index contributed by atoms with van der Waals surface area (Å²) in [5.41, 5.74) is 6.09. The number of hydrogen-bond donors (Lipinski definition) is 1. The number of benzene rings is 3. The van der Waals surface area contributed by atoms with Gasteiger partial charge in [-0.3, -0.25) is 4.79 Å². The lowest BCUT2D eigenvalue weighted by Gasteiger charge is -2.39. The summed E-state index contributed by atoms with van der Waals surface area (Å²) in [6, 6.07) is 24.3. The largest absolute Gasteiger partial charge is 0.497 e. The zero-order chi connectivity index (χ0) is 28.3. The van der Waals surface area contributed by atoms with E-state index in [0.29, 0.717) is 30.3 Å². The fourth-order valence-electron chi connectivity index (χ4n) is 5.80. The second-order valence-corrected chi connectivity index (χ2v) is 10.7. The van der Waals surface area contributed by atoms with Crippen LogP contribution in [0.3, 0.4) is 0 Å². The molecule has 1 atom stereocenters. The second kappa shape index (κ2) is 11.6. The Morgan fingerprint density at radius 2 is 1.85 bits per heavy atom. The van der Waals surface area contributed by atoms with E-state index in [1.165, 1.54) is 5.70 Å². The van der Waals surface area contributed by atoms with Gasteiger partial charge in [0, 0.05) is 36.0 Å². The van der Waals surface area contributed by atoms with Gasteiger partial charge in [-0.2, -0.15) is 0 Å². The van der Waals surface area contributed by atoms with Gasteiger partial charge in [0.15, 0.2) is 5.78 Å². The van der Waals surface area contributed by atoms with Crippen LogP contribution >= 0.6 is 11.6 Å². The maximum Gasteiger partial charge on any atom is 0.167 e. The number of aromatic nitrogens is 2. The number of hydrogen-bond acceptors (Lipinski definition) is 7. The van der Waals surface area contributed by atoms with Crippen molar-refractivity contribution in [3.63, 3.8) is 0 Å². The third-order valence-electron chi connectivity index (χ3n) is 7.82. The van der Waals surface area contributed by atoms with E-state index in [1.54, 1.807) is 20.4 Å². The smallest absolute Gasteiger partial charge is 0.167 e. The van der Waals surface area contributed by atoms with E-state index < -0.39 is 0 Å². The number of rotatable bonds is 8. The molecule has 1 fully saturated rings. The Kier molecular flexibility index (Phi) is 7.61. The maximum atomic E-state index is 13.1. The van der Waals surface area contributed by atoms with Crippen molar-refractivity contribution >= 4 is 40.8 Å². The second-order valence-electron chi connectivity index (χ2n) is 10.3. The van der Waals surface area contributed by atoms with Crippen molar-refractivity contribution in [1.82, 2.24) is 9.97 Å². The minimum absolute atomic E-state index is 0.0322. The average Bonchev–Trinajstić information content (AvgIpc) is 3.50. The summed E-state index contributed by atoms with van der Waals surface area (Å²) in [7, 11) is 1.65. The number of halogens is 1. The molecule has 6 rings (SSSR count). The Balaban J connectivity index is 1.37. The van der Waals surface area contributed by atoms with E-state index in [1.807, 2.05) is 42.5 Å². The first kappa shape index (κ1) is 26.8. The van der Waals surface area contributed by atoms with Gasteiger partial charge in [0.1, 0.15) is 29.3 Å². The molecule has 0 radical (unpaired) electrons. The fraction of sp³-hybridized carbons (Fsp3) is 0.242. The van der Waals surface area contributed by atoms with Crippen LogP contribution in [0.25, 0.3) is 6.08 Å². The molecule has 208 valence electrons. The van der Waals surface area contributed by atoms with Gasteiger partial charge in [-0.15, -0.1) is 0 Å². The predicted molar refractivity (Wildman–Crippen MR) is 165 cm³/mol. The van der Waals surface area contributed by atoms with E-state index in [9.17, 15) is 4.79 Å². The van der Waals surface area contributed by atoms with Gasteiger partial charge in [0.2, 0.25) is 0 Å². The summed E-state index contributed by atoms with van der Waals surface area (Å²) in [5.74, 6) is 1.93. The van der Waals surface area contributed by atoms with Crippen LogP contribution in [0.5, 0.6) is 5.75 Å². The van der Waals surface area contributed by atoms with Crippen LogP contribution in [0, 0.1) is 0 Å². The lowest BCUT2D eigenvalue weighted by molar-refractivity contribution is 0.101. The molecule has 1 N–H and O–H groups in total. The van der Waals surface area contributed by atoms with Gasteiger partial charge in [-0.25, -0.2) is 9.97 Å². The van der Waals surface area contributed by atoms with E-state index in [0.717, 1.165) is 52.5 Å². The number of Topliss-reactive ketones (excluding diaryl/α,β-unsaturated/α-hetero) is 1. The van der Waals surface area contributed by atoms with E-state index in [-0.39, 0.29) is 11.8 Å². The van der Waals surface area contributed by atoms with Crippen molar-refractivity contribution in [2.45, 2.75) is 38.9 Å². The number of nitrogens with zero attached hydrogens (tertiary/aromatic N) is 4. The molecule has 0 bridgehead atoms. The molecule has 41 heavy (non-hydrogen) atoms. The Morgan fingerprint density at radius 1 is 1.05 bits per heavy atom. The molecule has 3 heterocycles. The van der Waals surface area contributed by atoms with Crippen molar-refractivity contribution < 1.29 is 9.53 Å². The molecule has 1 aromatic heterocycles. The summed E-state index contributed by atoms with van der Waals surface area (Å²) in [5, 5.41) is 4.15. The first-order valence-corrected chi connectivity index (χ1v) is 14.2. The monoisotopic (exact) mass is 565 g/mol. The zero-order valence-corrected chi connectivity index (χ0v) is 23.9. The minimum Gasteiger partial charge on any atom is -0.497 e. The third kappa shape index (κ3) is 5.37. The van der Waals surface area contributed by atoms with Crippen LogP contribution in [-0.4, -0.2) is 35.4 Å². The van der Waals surface area contributed by atoms with Crippen LogP contribution in [0.15, 0.2) is 84.8 Å². The molecular formula is C33H32ClN5O2. The van der Waals surface area contributed by atoms with Crippen molar-refractivity contribution in [2.75, 3.05) is 28.8 Å².